The van der Waals surface area contributed by atoms with Crippen molar-refractivity contribution in [3.63, 3.8) is 0 Å². The maximum Gasteiger partial charge on any atom is 0.199 e. The summed E-state index contributed by atoms with van der Waals surface area (Å²) in [6, 6.07) is 0. The zero-order chi connectivity index (χ0) is 11.5. The summed E-state index contributed by atoms with van der Waals surface area (Å²) in [4.78, 5) is 11.9. The number of nitrogens with zero attached hydrogens (tertiary/aromatic N) is 4. The summed E-state index contributed by atoms with van der Waals surface area (Å²) < 4.78 is 13.6. The molecule has 7 heteroatoms. The van der Waals surface area contributed by atoms with Crippen LogP contribution in [0, 0.1) is 12.7 Å². The smallest absolute Gasteiger partial charge is 0.199 e. The van der Waals surface area contributed by atoms with Crippen molar-refractivity contribution in [3.05, 3.63) is 17.8 Å². The van der Waals surface area contributed by atoms with Crippen molar-refractivity contribution in [2.45, 2.75) is 13.8 Å². The quantitative estimate of drug-likeness (QED) is 0.814. The molecule has 2 aromatic heterocycles. The van der Waals surface area contributed by atoms with E-state index in [-0.39, 0.29) is 11.5 Å². The van der Waals surface area contributed by atoms with Gasteiger partial charge < -0.3 is 5.32 Å². The highest BCUT2D eigenvalue weighted by Gasteiger charge is 2.13. The van der Waals surface area contributed by atoms with Gasteiger partial charge in [-0.2, -0.15) is 5.10 Å². The monoisotopic (exact) mass is 222 g/mol. The zero-order valence-corrected chi connectivity index (χ0v) is 8.95. The number of aromatic nitrogens is 5. The van der Waals surface area contributed by atoms with Crippen molar-refractivity contribution in [2.24, 2.45) is 0 Å². The minimum absolute atomic E-state index is 0.182. The van der Waals surface area contributed by atoms with Crippen LogP contribution in [0.15, 0.2) is 6.33 Å². The molecular weight excluding hydrogens is 211 g/mol. The summed E-state index contributed by atoms with van der Waals surface area (Å²) in [5.41, 5.74) is 0.275. The molecule has 84 valence electrons. The summed E-state index contributed by atoms with van der Waals surface area (Å²) in [5, 5.41) is 9.16. The van der Waals surface area contributed by atoms with Gasteiger partial charge in [0.2, 0.25) is 0 Å². The number of anilines is 1. The highest BCUT2D eigenvalue weighted by atomic mass is 19.1. The SMILES string of the molecule is CCNc1nc(-c2ncn[nH]2)nc(C)c1F. The Morgan fingerprint density at radius 2 is 2.25 bits per heavy atom. The highest BCUT2D eigenvalue weighted by molar-refractivity contribution is 5.49. The third-order valence-electron chi connectivity index (χ3n) is 1.99. The Balaban J connectivity index is 2.48. The van der Waals surface area contributed by atoms with E-state index in [4.69, 9.17) is 0 Å². The summed E-state index contributed by atoms with van der Waals surface area (Å²) in [7, 11) is 0. The fraction of sp³-hybridized carbons (Fsp3) is 0.333. The third kappa shape index (κ3) is 1.83. The van der Waals surface area contributed by atoms with Gasteiger partial charge in [-0.05, 0) is 13.8 Å². The third-order valence-corrected chi connectivity index (χ3v) is 1.99. The van der Waals surface area contributed by atoms with Crippen molar-refractivity contribution < 1.29 is 4.39 Å². The first-order valence-corrected chi connectivity index (χ1v) is 4.86. The van der Waals surface area contributed by atoms with E-state index >= 15 is 0 Å². The fourth-order valence-corrected chi connectivity index (χ4v) is 1.26. The Bertz CT molecular complexity index is 481. The second kappa shape index (κ2) is 4.21. The van der Waals surface area contributed by atoms with E-state index in [0.29, 0.717) is 18.2 Å². The van der Waals surface area contributed by atoms with E-state index in [1.165, 1.54) is 6.33 Å². The number of aryl methyl sites for hydroxylation is 1. The van der Waals surface area contributed by atoms with Crippen molar-refractivity contribution >= 4 is 5.82 Å². The average molecular weight is 222 g/mol. The summed E-state index contributed by atoms with van der Waals surface area (Å²) >= 11 is 0. The van der Waals surface area contributed by atoms with Crippen LogP contribution < -0.4 is 5.32 Å². The van der Waals surface area contributed by atoms with E-state index in [1.54, 1.807) is 6.92 Å². The lowest BCUT2D eigenvalue weighted by Gasteiger charge is -2.06. The molecule has 0 amide bonds. The minimum Gasteiger partial charge on any atom is -0.368 e. The van der Waals surface area contributed by atoms with E-state index < -0.39 is 5.82 Å². The summed E-state index contributed by atoms with van der Waals surface area (Å²) in [6.07, 6.45) is 1.35. The molecule has 0 radical (unpaired) electrons. The number of halogens is 1. The van der Waals surface area contributed by atoms with Gasteiger partial charge in [-0.25, -0.2) is 19.3 Å². The number of aromatic amines is 1. The molecule has 0 fully saturated rings. The first-order chi connectivity index (χ1) is 7.72. The second-order valence-electron chi connectivity index (χ2n) is 3.16. The zero-order valence-electron chi connectivity index (χ0n) is 8.95. The molecule has 0 saturated heterocycles. The van der Waals surface area contributed by atoms with Crippen LogP contribution in [0.4, 0.5) is 10.2 Å². The van der Waals surface area contributed by atoms with Crippen LogP contribution in [0.3, 0.4) is 0 Å². The molecule has 0 aliphatic rings. The van der Waals surface area contributed by atoms with E-state index in [0.717, 1.165) is 0 Å². The maximum atomic E-state index is 13.6. The summed E-state index contributed by atoms with van der Waals surface area (Å²) in [5.74, 6) is 0.487. The molecule has 2 heterocycles. The Hall–Kier alpha value is -2.05. The normalized spacial score (nSPS) is 10.4. The summed E-state index contributed by atoms with van der Waals surface area (Å²) in [6.45, 7) is 4.03. The average Bonchev–Trinajstić information content (AvgIpc) is 2.78. The molecule has 2 N–H and O–H groups in total. The van der Waals surface area contributed by atoms with Gasteiger partial charge in [0.25, 0.3) is 0 Å². The molecular formula is C9H11FN6. The molecule has 0 aliphatic carbocycles. The minimum atomic E-state index is -0.440. The maximum absolute atomic E-state index is 13.6. The van der Waals surface area contributed by atoms with Gasteiger partial charge in [0.1, 0.15) is 6.33 Å². The van der Waals surface area contributed by atoms with Crippen LogP contribution >= 0.6 is 0 Å². The number of rotatable bonds is 3. The Labute approximate surface area is 91.4 Å². The van der Waals surface area contributed by atoms with Crippen molar-refractivity contribution in [1.82, 2.24) is 25.1 Å². The van der Waals surface area contributed by atoms with Crippen LogP contribution in [0.1, 0.15) is 12.6 Å². The lowest BCUT2D eigenvalue weighted by Crippen LogP contribution is -2.07. The Kier molecular flexibility index (Phi) is 2.76. The van der Waals surface area contributed by atoms with E-state index in [9.17, 15) is 4.39 Å². The molecule has 6 nitrogen and oxygen atoms in total. The largest absolute Gasteiger partial charge is 0.368 e. The predicted octanol–water partition coefficient (Wildman–Crippen LogP) is 1.14. The molecule has 2 aromatic rings. The molecule has 0 bridgehead atoms. The second-order valence-corrected chi connectivity index (χ2v) is 3.16. The van der Waals surface area contributed by atoms with Gasteiger partial charge >= 0.3 is 0 Å². The standard InChI is InChI=1S/C9H11FN6/c1-3-11-7-6(10)5(2)14-9(15-7)8-12-4-13-16-8/h4H,3H2,1-2H3,(H,11,14,15)(H,12,13,16). The molecule has 0 spiro atoms. The molecule has 0 aliphatic heterocycles. The predicted molar refractivity (Wildman–Crippen MR) is 56.3 cm³/mol. The van der Waals surface area contributed by atoms with Gasteiger partial charge in [0.05, 0.1) is 5.69 Å². The molecule has 0 saturated carbocycles. The topological polar surface area (TPSA) is 79.4 Å². The Morgan fingerprint density at radius 3 is 2.88 bits per heavy atom. The highest BCUT2D eigenvalue weighted by Crippen LogP contribution is 2.17. The Morgan fingerprint density at radius 1 is 1.44 bits per heavy atom. The van der Waals surface area contributed by atoms with Crippen LogP contribution in [0.2, 0.25) is 0 Å². The van der Waals surface area contributed by atoms with Crippen LogP contribution in [-0.2, 0) is 0 Å². The molecule has 0 unspecified atom stereocenters. The van der Waals surface area contributed by atoms with Gasteiger partial charge in [-0.15, -0.1) is 0 Å². The number of nitrogens with one attached hydrogen (secondary N) is 2. The van der Waals surface area contributed by atoms with Crippen molar-refractivity contribution in [2.75, 3.05) is 11.9 Å². The van der Waals surface area contributed by atoms with Crippen LogP contribution in [0.5, 0.6) is 0 Å². The van der Waals surface area contributed by atoms with Gasteiger partial charge in [0.15, 0.2) is 23.3 Å². The van der Waals surface area contributed by atoms with Crippen molar-refractivity contribution in [3.8, 4) is 11.6 Å². The molecule has 0 atom stereocenters. The molecule has 0 aromatic carbocycles. The molecule has 2 rings (SSSR count). The van der Waals surface area contributed by atoms with Gasteiger partial charge in [0, 0.05) is 6.54 Å². The number of hydrogen-bond acceptors (Lipinski definition) is 5. The first-order valence-electron chi connectivity index (χ1n) is 4.86. The van der Waals surface area contributed by atoms with E-state index in [1.807, 2.05) is 6.92 Å². The van der Waals surface area contributed by atoms with E-state index in [2.05, 4.69) is 30.5 Å². The lowest BCUT2D eigenvalue weighted by molar-refractivity contribution is 0.606. The number of H-pyrrole nitrogens is 1. The number of hydrogen-bond donors (Lipinski definition) is 2. The van der Waals surface area contributed by atoms with Crippen molar-refractivity contribution in [1.29, 1.82) is 0 Å². The first kappa shape index (κ1) is 10.5. The van der Waals surface area contributed by atoms with Crippen LogP contribution in [0.25, 0.3) is 11.6 Å². The van der Waals surface area contributed by atoms with Gasteiger partial charge in [-0.3, -0.25) is 5.10 Å². The fourth-order valence-electron chi connectivity index (χ4n) is 1.26. The van der Waals surface area contributed by atoms with Gasteiger partial charge in [-0.1, -0.05) is 0 Å². The lowest BCUT2D eigenvalue weighted by atomic mass is 10.3. The van der Waals surface area contributed by atoms with Crippen LogP contribution in [-0.4, -0.2) is 31.7 Å². The molecule has 16 heavy (non-hydrogen) atoms.